The Bertz CT molecular complexity index is 382. The Morgan fingerprint density at radius 1 is 1.32 bits per heavy atom. The van der Waals surface area contributed by atoms with Gasteiger partial charge in [-0.2, -0.15) is 0 Å². The third-order valence-electron chi connectivity index (χ3n) is 1.61. The fourth-order valence-electron chi connectivity index (χ4n) is 0.680. The van der Waals surface area contributed by atoms with E-state index in [4.69, 9.17) is 4.74 Å². The van der Waals surface area contributed by atoms with Crippen LogP contribution in [0.1, 0.15) is 13.8 Å². The molecule has 0 unspecified atom stereocenters. The van der Waals surface area contributed by atoms with Crippen LogP contribution in [0.5, 0.6) is 0 Å². The first-order valence-corrected chi connectivity index (χ1v) is 6.95. The van der Waals surface area contributed by atoms with E-state index in [9.17, 15) is 17.8 Å². The van der Waals surface area contributed by atoms with Gasteiger partial charge in [0.25, 0.3) is 0 Å². The molecule has 0 amide bonds. The van der Waals surface area contributed by atoms with E-state index in [1.54, 1.807) is 6.92 Å². The Morgan fingerprint density at radius 2 is 1.79 bits per heavy atom. The molecule has 0 aliphatic heterocycles. The van der Waals surface area contributed by atoms with Crippen LogP contribution in [0.15, 0.2) is 12.2 Å². The number of hydrogen-bond acceptors (Lipinski definition) is 6. The molecule has 0 aromatic carbocycles. The normalized spacial score (nSPS) is 11.3. The van der Waals surface area contributed by atoms with Gasteiger partial charge in [-0.3, -0.25) is 4.18 Å². The number of esters is 1. The van der Waals surface area contributed by atoms with Gasteiger partial charge in [0.05, 0.1) is 27.7 Å². The van der Waals surface area contributed by atoms with E-state index >= 15 is 0 Å². The molecule has 0 saturated heterocycles. The fourth-order valence-corrected chi connectivity index (χ4v) is 0.968. The van der Waals surface area contributed by atoms with E-state index < -0.39 is 10.4 Å². The molecule has 0 radical (unpaired) electrons. The summed E-state index contributed by atoms with van der Waals surface area (Å²) in [6, 6.07) is 0. The number of likely N-dealkylation sites (N-methyl/N-ethyl adjacent to an activating group) is 1. The van der Waals surface area contributed by atoms with Crippen molar-refractivity contribution in [3.05, 3.63) is 12.2 Å². The summed E-state index contributed by atoms with van der Waals surface area (Å²) in [5.74, 6) is -0.302. The number of hydrogen-bond donors (Lipinski definition) is 0. The van der Waals surface area contributed by atoms with Gasteiger partial charge in [0.1, 0.15) is 13.2 Å². The van der Waals surface area contributed by atoms with Crippen LogP contribution in [0.4, 0.5) is 0 Å². The second-order valence-corrected chi connectivity index (χ2v) is 5.80. The topological polar surface area (TPSA) is 92.7 Å². The molecular formula is C11H23NO6S. The van der Waals surface area contributed by atoms with Crippen LogP contribution in [-0.4, -0.2) is 64.3 Å². The van der Waals surface area contributed by atoms with E-state index in [1.807, 2.05) is 0 Å². The Hall–Kier alpha value is -0.960. The van der Waals surface area contributed by atoms with Gasteiger partial charge in [0.15, 0.2) is 0 Å². The highest BCUT2D eigenvalue weighted by atomic mass is 32.3. The average molecular weight is 297 g/mol. The molecule has 0 saturated carbocycles. The smallest absolute Gasteiger partial charge is 0.333 e. The van der Waals surface area contributed by atoms with Crippen LogP contribution in [-0.2, 0) is 24.1 Å². The SMILES string of the molecule is C=C(C)C(=O)OCC[N+](C)(C)C.CCOS(=O)(=O)[O-]. The Kier molecular flexibility index (Phi) is 9.67. The lowest BCUT2D eigenvalue weighted by Crippen LogP contribution is -2.38. The molecule has 114 valence electrons. The Morgan fingerprint density at radius 3 is 2.00 bits per heavy atom. The molecule has 0 aromatic heterocycles. The zero-order chi connectivity index (χ0) is 15.7. The highest BCUT2D eigenvalue weighted by molar-refractivity contribution is 7.80. The maximum atomic E-state index is 10.9. The third kappa shape index (κ3) is 19.6. The number of ether oxygens (including phenoxy) is 1. The van der Waals surface area contributed by atoms with Gasteiger partial charge in [-0.25, -0.2) is 13.2 Å². The van der Waals surface area contributed by atoms with Gasteiger partial charge >= 0.3 is 5.97 Å². The summed E-state index contributed by atoms with van der Waals surface area (Å²) in [5, 5.41) is 0. The van der Waals surface area contributed by atoms with Gasteiger partial charge in [0.2, 0.25) is 10.4 Å². The minimum Gasteiger partial charge on any atom is -0.726 e. The number of carbonyl (C=O) groups is 1. The molecule has 8 heteroatoms. The molecule has 0 N–H and O–H groups in total. The molecule has 0 aliphatic rings. The zero-order valence-electron chi connectivity index (χ0n) is 12.1. The summed E-state index contributed by atoms with van der Waals surface area (Å²) in [6.45, 7) is 7.74. The predicted molar refractivity (Wildman–Crippen MR) is 70.0 cm³/mol. The predicted octanol–water partition coefficient (Wildman–Crippen LogP) is 0.295. The first-order valence-electron chi connectivity index (χ1n) is 5.62. The molecule has 0 rings (SSSR count). The van der Waals surface area contributed by atoms with Crippen LogP contribution < -0.4 is 0 Å². The lowest BCUT2D eigenvalue weighted by atomic mass is 10.4. The molecule has 0 bridgehead atoms. The molecule has 19 heavy (non-hydrogen) atoms. The summed E-state index contributed by atoms with van der Waals surface area (Å²) < 4.78 is 37.7. The van der Waals surface area contributed by atoms with Crippen LogP contribution in [0.25, 0.3) is 0 Å². The number of quaternary nitrogens is 1. The van der Waals surface area contributed by atoms with E-state index in [1.165, 1.54) is 6.92 Å². The van der Waals surface area contributed by atoms with Crippen LogP contribution >= 0.6 is 0 Å². The highest BCUT2D eigenvalue weighted by Gasteiger charge is 2.09. The van der Waals surface area contributed by atoms with Crippen LogP contribution in [0, 0.1) is 0 Å². The maximum Gasteiger partial charge on any atom is 0.333 e. The third-order valence-corrected chi connectivity index (χ3v) is 2.13. The van der Waals surface area contributed by atoms with E-state index in [0.717, 1.165) is 11.0 Å². The maximum absolute atomic E-state index is 10.9. The zero-order valence-corrected chi connectivity index (χ0v) is 12.9. The van der Waals surface area contributed by atoms with Crippen molar-refractivity contribution in [2.75, 3.05) is 40.9 Å². The molecule has 0 spiro atoms. The van der Waals surface area contributed by atoms with Crippen molar-refractivity contribution in [3.8, 4) is 0 Å². The lowest BCUT2D eigenvalue weighted by Gasteiger charge is -2.23. The summed E-state index contributed by atoms with van der Waals surface area (Å²) in [7, 11) is 1.73. The standard InChI is InChI=1S/C9H18NO2.C2H6O4S/c1-8(2)9(11)12-7-6-10(3,4)5;1-2-6-7(3,4)5/h1,6-7H2,2-5H3;2H2,1H3,(H,3,4,5)/q+1;/p-1. The van der Waals surface area contributed by atoms with E-state index in [0.29, 0.717) is 12.2 Å². The summed E-state index contributed by atoms with van der Waals surface area (Å²) in [6.07, 6.45) is 0. The van der Waals surface area contributed by atoms with Gasteiger partial charge in [-0.15, -0.1) is 0 Å². The van der Waals surface area contributed by atoms with E-state index in [2.05, 4.69) is 31.9 Å². The van der Waals surface area contributed by atoms with Crippen molar-refractivity contribution in [3.63, 3.8) is 0 Å². The van der Waals surface area contributed by atoms with Crippen molar-refractivity contribution in [1.29, 1.82) is 0 Å². The minimum atomic E-state index is -4.42. The molecule has 0 fully saturated rings. The molecule has 7 nitrogen and oxygen atoms in total. The fraction of sp³-hybridized carbons (Fsp3) is 0.727. The second kappa shape index (κ2) is 9.03. The van der Waals surface area contributed by atoms with Crippen LogP contribution in [0.2, 0.25) is 0 Å². The lowest BCUT2D eigenvalue weighted by molar-refractivity contribution is -0.870. The van der Waals surface area contributed by atoms with Crippen molar-refractivity contribution < 1.29 is 31.2 Å². The highest BCUT2D eigenvalue weighted by Crippen LogP contribution is 1.94. The molecule has 0 heterocycles. The van der Waals surface area contributed by atoms with Crippen molar-refractivity contribution in [1.82, 2.24) is 0 Å². The summed E-state index contributed by atoms with van der Waals surface area (Å²) >= 11 is 0. The van der Waals surface area contributed by atoms with Gasteiger partial charge in [-0.1, -0.05) is 6.58 Å². The number of carbonyl (C=O) groups excluding carboxylic acids is 1. The van der Waals surface area contributed by atoms with Gasteiger partial charge < -0.3 is 13.8 Å². The quantitative estimate of drug-likeness (QED) is 0.230. The average Bonchev–Trinajstić information content (AvgIpc) is 2.14. The van der Waals surface area contributed by atoms with Crippen molar-refractivity contribution in [2.24, 2.45) is 0 Å². The molecular weight excluding hydrogens is 274 g/mol. The summed E-state index contributed by atoms with van der Waals surface area (Å²) in [4.78, 5) is 10.9. The summed E-state index contributed by atoms with van der Waals surface area (Å²) in [5.41, 5.74) is 0.455. The largest absolute Gasteiger partial charge is 0.726 e. The minimum absolute atomic E-state index is 0.0914. The van der Waals surface area contributed by atoms with Gasteiger partial charge in [-0.05, 0) is 13.8 Å². The van der Waals surface area contributed by atoms with E-state index in [-0.39, 0.29) is 12.6 Å². The Labute approximate surface area is 115 Å². The van der Waals surface area contributed by atoms with Crippen LogP contribution in [0.3, 0.4) is 0 Å². The number of rotatable bonds is 6. The molecule has 0 aliphatic carbocycles. The first kappa shape index (κ1) is 20.4. The molecule has 0 atom stereocenters. The van der Waals surface area contributed by atoms with Crippen molar-refractivity contribution in [2.45, 2.75) is 13.8 Å². The Balaban J connectivity index is 0. The molecule has 0 aromatic rings. The second-order valence-electron chi connectivity index (χ2n) is 4.74. The first-order chi connectivity index (χ1) is 8.39. The monoisotopic (exact) mass is 297 g/mol. The van der Waals surface area contributed by atoms with Gasteiger partial charge in [0, 0.05) is 5.57 Å². The van der Waals surface area contributed by atoms with Crippen molar-refractivity contribution >= 4 is 16.4 Å². The number of nitrogens with zero attached hydrogens (tertiary/aromatic N) is 1.